The number of aryl methyl sites for hydroxylation is 1. The standard InChI is InChI=1S/C23H27FN2O4/c1-3-29-21-14-17(23(28)25-19-9-7-16(2)13-18(19)24)8-10-20(21)30-15-22(27)26-11-5-4-6-12-26/h7-10,13-14H,3-6,11-12,15H2,1-2H3,(H,25,28). The minimum Gasteiger partial charge on any atom is -0.490 e. The van der Waals surface area contributed by atoms with Gasteiger partial charge in [0.25, 0.3) is 11.8 Å². The second-order valence-corrected chi connectivity index (χ2v) is 7.26. The summed E-state index contributed by atoms with van der Waals surface area (Å²) >= 11 is 0. The Kier molecular flexibility index (Phi) is 7.27. The van der Waals surface area contributed by atoms with Crippen molar-refractivity contribution in [1.29, 1.82) is 0 Å². The second kappa shape index (κ2) is 10.1. The fraction of sp³-hybridized carbons (Fsp3) is 0.391. The predicted molar refractivity (Wildman–Crippen MR) is 113 cm³/mol. The Balaban J connectivity index is 1.69. The molecule has 0 spiro atoms. The van der Waals surface area contributed by atoms with Gasteiger partial charge in [0.1, 0.15) is 5.82 Å². The number of benzene rings is 2. The molecule has 7 heteroatoms. The van der Waals surface area contributed by atoms with Crippen LogP contribution in [0.5, 0.6) is 11.5 Å². The van der Waals surface area contributed by atoms with Crippen molar-refractivity contribution in [3.8, 4) is 11.5 Å². The van der Waals surface area contributed by atoms with E-state index in [9.17, 15) is 14.0 Å². The van der Waals surface area contributed by atoms with Gasteiger partial charge in [0.2, 0.25) is 0 Å². The summed E-state index contributed by atoms with van der Waals surface area (Å²) in [5.41, 5.74) is 1.17. The van der Waals surface area contributed by atoms with Gasteiger partial charge in [0.05, 0.1) is 12.3 Å². The van der Waals surface area contributed by atoms with Crippen LogP contribution in [0.15, 0.2) is 36.4 Å². The van der Waals surface area contributed by atoms with Gasteiger partial charge in [-0.2, -0.15) is 0 Å². The van der Waals surface area contributed by atoms with Crippen molar-refractivity contribution < 1.29 is 23.5 Å². The highest BCUT2D eigenvalue weighted by Crippen LogP contribution is 2.29. The zero-order valence-electron chi connectivity index (χ0n) is 17.4. The molecule has 0 radical (unpaired) electrons. The quantitative estimate of drug-likeness (QED) is 0.738. The van der Waals surface area contributed by atoms with Gasteiger partial charge < -0.3 is 19.7 Å². The van der Waals surface area contributed by atoms with E-state index in [4.69, 9.17) is 9.47 Å². The van der Waals surface area contributed by atoms with Crippen LogP contribution in [0.3, 0.4) is 0 Å². The van der Waals surface area contributed by atoms with Crippen molar-refractivity contribution in [2.24, 2.45) is 0 Å². The van der Waals surface area contributed by atoms with Gasteiger partial charge in [0, 0.05) is 18.7 Å². The molecular formula is C23H27FN2O4. The average molecular weight is 414 g/mol. The molecule has 1 aliphatic rings. The first-order chi connectivity index (χ1) is 14.5. The van der Waals surface area contributed by atoms with Crippen molar-refractivity contribution >= 4 is 17.5 Å². The van der Waals surface area contributed by atoms with Gasteiger partial charge >= 0.3 is 0 Å². The number of amides is 2. The first kappa shape index (κ1) is 21.6. The molecular weight excluding hydrogens is 387 g/mol. The molecule has 2 aromatic carbocycles. The summed E-state index contributed by atoms with van der Waals surface area (Å²) in [7, 11) is 0. The lowest BCUT2D eigenvalue weighted by Crippen LogP contribution is -2.38. The number of carbonyl (C=O) groups is 2. The Hall–Kier alpha value is -3.09. The third-order valence-corrected chi connectivity index (χ3v) is 4.94. The van der Waals surface area contributed by atoms with Crippen molar-refractivity contribution in [1.82, 2.24) is 4.90 Å². The number of hydrogen-bond acceptors (Lipinski definition) is 4. The minimum absolute atomic E-state index is 0.0613. The molecule has 1 aliphatic heterocycles. The Morgan fingerprint density at radius 1 is 1.03 bits per heavy atom. The van der Waals surface area contributed by atoms with Crippen LogP contribution in [0.4, 0.5) is 10.1 Å². The molecule has 0 atom stereocenters. The van der Waals surface area contributed by atoms with Crippen molar-refractivity contribution in [2.75, 3.05) is 31.6 Å². The van der Waals surface area contributed by atoms with E-state index in [1.807, 2.05) is 11.8 Å². The number of anilines is 1. The highest BCUT2D eigenvalue weighted by molar-refractivity contribution is 6.04. The highest BCUT2D eigenvalue weighted by atomic mass is 19.1. The van der Waals surface area contributed by atoms with E-state index in [2.05, 4.69) is 5.32 Å². The number of hydrogen-bond donors (Lipinski definition) is 1. The summed E-state index contributed by atoms with van der Waals surface area (Å²) in [6.45, 7) is 5.40. The normalized spacial score (nSPS) is 13.6. The third-order valence-electron chi connectivity index (χ3n) is 4.94. The van der Waals surface area contributed by atoms with Crippen LogP contribution in [-0.2, 0) is 4.79 Å². The molecule has 0 saturated carbocycles. The summed E-state index contributed by atoms with van der Waals surface area (Å²) in [6, 6.07) is 9.29. The molecule has 1 fully saturated rings. The average Bonchev–Trinajstić information content (AvgIpc) is 2.75. The van der Waals surface area contributed by atoms with Gasteiger partial charge in [0.15, 0.2) is 18.1 Å². The Morgan fingerprint density at radius 3 is 2.50 bits per heavy atom. The number of likely N-dealkylation sites (tertiary alicyclic amines) is 1. The molecule has 30 heavy (non-hydrogen) atoms. The smallest absolute Gasteiger partial charge is 0.260 e. The van der Waals surface area contributed by atoms with Crippen LogP contribution in [0.25, 0.3) is 0 Å². The fourth-order valence-electron chi connectivity index (χ4n) is 3.33. The van der Waals surface area contributed by atoms with E-state index in [-0.39, 0.29) is 18.2 Å². The molecule has 0 aromatic heterocycles. The molecule has 1 heterocycles. The van der Waals surface area contributed by atoms with Gasteiger partial charge in [-0.05, 0) is 69.0 Å². The van der Waals surface area contributed by atoms with Crippen molar-refractivity contribution in [2.45, 2.75) is 33.1 Å². The molecule has 3 rings (SSSR count). The molecule has 0 aliphatic carbocycles. The number of carbonyl (C=O) groups excluding carboxylic acids is 2. The van der Waals surface area contributed by atoms with Crippen LogP contribution >= 0.6 is 0 Å². The molecule has 1 saturated heterocycles. The van der Waals surface area contributed by atoms with Crippen LogP contribution < -0.4 is 14.8 Å². The monoisotopic (exact) mass is 414 g/mol. The van der Waals surface area contributed by atoms with Crippen molar-refractivity contribution in [3.63, 3.8) is 0 Å². The first-order valence-electron chi connectivity index (χ1n) is 10.2. The van der Waals surface area contributed by atoms with Crippen LogP contribution in [0.1, 0.15) is 42.1 Å². The van der Waals surface area contributed by atoms with E-state index in [0.29, 0.717) is 23.7 Å². The fourth-order valence-corrected chi connectivity index (χ4v) is 3.33. The van der Waals surface area contributed by atoms with Crippen LogP contribution in [-0.4, -0.2) is 43.0 Å². The van der Waals surface area contributed by atoms with Crippen molar-refractivity contribution in [3.05, 3.63) is 53.3 Å². The number of halogens is 1. The number of nitrogens with one attached hydrogen (secondary N) is 1. The summed E-state index contributed by atoms with van der Waals surface area (Å²) in [4.78, 5) is 26.7. The Morgan fingerprint density at radius 2 is 1.80 bits per heavy atom. The number of piperidine rings is 1. The second-order valence-electron chi connectivity index (χ2n) is 7.26. The zero-order valence-corrected chi connectivity index (χ0v) is 17.4. The SMILES string of the molecule is CCOc1cc(C(=O)Nc2ccc(C)cc2F)ccc1OCC(=O)N1CCCCC1. The molecule has 1 N–H and O–H groups in total. The molecule has 160 valence electrons. The summed E-state index contributed by atoms with van der Waals surface area (Å²) in [5, 5.41) is 2.56. The van der Waals surface area contributed by atoms with E-state index < -0.39 is 11.7 Å². The van der Waals surface area contributed by atoms with E-state index in [1.165, 1.54) is 18.2 Å². The lowest BCUT2D eigenvalue weighted by molar-refractivity contribution is -0.134. The predicted octanol–water partition coefficient (Wildman–Crippen LogP) is 4.18. The maximum Gasteiger partial charge on any atom is 0.260 e. The number of ether oxygens (including phenoxy) is 2. The molecule has 2 aromatic rings. The number of rotatable bonds is 7. The van der Waals surface area contributed by atoms with Crippen LogP contribution in [0, 0.1) is 12.7 Å². The van der Waals surface area contributed by atoms with Gasteiger partial charge in [-0.15, -0.1) is 0 Å². The van der Waals surface area contributed by atoms with E-state index in [0.717, 1.165) is 37.9 Å². The Labute approximate surface area is 176 Å². The Bertz CT molecular complexity index is 910. The van der Waals surface area contributed by atoms with E-state index in [1.54, 1.807) is 25.1 Å². The molecule has 2 amide bonds. The van der Waals surface area contributed by atoms with Crippen LogP contribution in [0.2, 0.25) is 0 Å². The lowest BCUT2D eigenvalue weighted by Gasteiger charge is -2.26. The van der Waals surface area contributed by atoms with Gasteiger partial charge in [-0.3, -0.25) is 9.59 Å². The lowest BCUT2D eigenvalue weighted by atomic mass is 10.1. The largest absolute Gasteiger partial charge is 0.490 e. The first-order valence-corrected chi connectivity index (χ1v) is 10.2. The minimum atomic E-state index is -0.496. The molecule has 0 unspecified atom stereocenters. The van der Waals surface area contributed by atoms with Gasteiger partial charge in [-0.25, -0.2) is 4.39 Å². The maximum atomic E-state index is 14.0. The van der Waals surface area contributed by atoms with E-state index >= 15 is 0 Å². The maximum absolute atomic E-state index is 14.0. The topological polar surface area (TPSA) is 67.9 Å². The molecule has 0 bridgehead atoms. The zero-order chi connectivity index (χ0) is 21.5. The summed E-state index contributed by atoms with van der Waals surface area (Å²) in [5.74, 6) is -0.269. The number of nitrogens with zero attached hydrogens (tertiary/aromatic N) is 1. The summed E-state index contributed by atoms with van der Waals surface area (Å²) < 4.78 is 25.3. The summed E-state index contributed by atoms with van der Waals surface area (Å²) in [6.07, 6.45) is 3.18. The van der Waals surface area contributed by atoms with Gasteiger partial charge in [-0.1, -0.05) is 6.07 Å². The molecule has 6 nitrogen and oxygen atoms in total. The third kappa shape index (κ3) is 5.49. The highest BCUT2D eigenvalue weighted by Gasteiger charge is 2.19.